The molecule has 0 fully saturated rings. The minimum atomic E-state index is -0.514. The van der Waals surface area contributed by atoms with E-state index in [2.05, 4.69) is 36.4 Å². The van der Waals surface area contributed by atoms with Crippen LogP contribution in [0.1, 0.15) is 16.7 Å². The van der Waals surface area contributed by atoms with Crippen LogP contribution in [0.15, 0.2) is 64.5 Å². The molecule has 1 heterocycles. The molecule has 7 heteroatoms. The summed E-state index contributed by atoms with van der Waals surface area (Å²) in [6.45, 7) is 0. The Labute approximate surface area is 158 Å². The number of aromatic amines is 1. The van der Waals surface area contributed by atoms with Crippen molar-refractivity contribution in [2.45, 2.75) is 5.33 Å². The lowest BCUT2D eigenvalue weighted by Gasteiger charge is -2.06. The summed E-state index contributed by atoms with van der Waals surface area (Å²) in [5.74, 6) is 0.167. The molecular formula is C19H14BrN5O. The number of hydrogen-bond acceptors (Lipinski definition) is 5. The standard InChI is InChI=1S/C19H14BrN5O/c20-10-14-8-4-5-9-15(14)12-22-25-19-23-17(13-6-2-1-3-7-13)16(11-21)18(26)24-19/h1-9,12H,10H2,(H2,23,24,25,26). The second kappa shape index (κ2) is 8.23. The number of nitriles is 1. The molecule has 0 aliphatic heterocycles. The minimum Gasteiger partial charge on any atom is -0.290 e. The number of rotatable bonds is 5. The van der Waals surface area contributed by atoms with Crippen LogP contribution in [0.4, 0.5) is 5.95 Å². The molecular weight excluding hydrogens is 394 g/mol. The molecule has 0 amide bonds. The van der Waals surface area contributed by atoms with E-state index in [1.807, 2.05) is 48.5 Å². The van der Waals surface area contributed by atoms with Gasteiger partial charge in [0.2, 0.25) is 5.95 Å². The lowest BCUT2D eigenvalue weighted by Crippen LogP contribution is -2.16. The molecule has 0 aliphatic carbocycles. The number of hydrogen-bond donors (Lipinski definition) is 2. The van der Waals surface area contributed by atoms with E-state index in [0.717, 1.165) is 11.1 Å². The molecule has 1 aromatic heterocycles. The second-order valence-corrected chi connectivity index (χ2v) is 5.88. The van der Waals surface area contributed by atoms with Crippen molar-refractivity contribution in [3.05, 3.63) is 81.6 Å². The van der Waals surface area contributed by atoms with Crippen LogP contribution in [0.3, 0.4) is 0 Å². The number of H-pyrrole nitrogens is 1. The van der Waals surface area contributed by atoms with Crippen molar-refractivity contribution in [3.8, 4) is 17.3 Å². The van der Waals surface area contributed by atoms with Gasteiger partial charge in [0.1, 0.15) is 11.6 Å². The van der Waals surface area contributed by atoms with E-state index < -0.39 is 5.56 Å². The molecule has 0 unspecified atom stereocenters. The largest absolute Gasteiger partial charge is 0.290 e. The van der Waals surface area contributed by atoms with Gasteiger partial charge in [-0.2, -0.15) is 10.4 Å². The number of alkyl halides is 1. The first kappa shape index (κ1) is 17.6. The van der Waals surface area contributed by atoms with Gasteiger partial charge in [0.05, 0.1) is 11.9 Å². The van der Waals surface area contributed by atoms with Crippen molar-refractivity contribution in [1.29, 1.82) is 5.26 Å². The molecule has 26 heavy (non-hydrogen) atoms. The van der Waals surface area contributed by atoms with Crippen molar-refractivity contribution in [2.24, 2.45) is 5.10 Å². The van der Waals surface area contributed by atoms with Crippen molar-refractivity contribution >= 4 is 28.1 Å². The third-order valence-electron chi connectivity index (χ3n) is 3.65. The van der Waals surface area contributed by atoms with E-state index in [9.17, 15) is 10.1 Å². The second-order valence-electron chi connectivity index (χ2n) is 5.32. The Hall–Kier alpha value is -3.24. The third kappa shape index (κ3) is 3.87. The van der Waals surface area contributed by atoms with Crippen LogP contribution in [0.2, 0.25) is 0 Å². The number of halogens is 1. The van der Waals surface area contributed by atoms with Crippen LogP contribution in [-0.2, 0) is 5.33 Å². The fourth-order valence-electron chi connectivity index (χ4n) is 2.38. The average molecular weight is 408 g/mol. The van der Waals surface area contributed by atoms with Gasteiger partial charge in [-0.25, -0.2) is 10.4 Å². The van der Waals surface area contributed by atoms with E-state index in [0.29, 0.717) is 16.6 Å². The van der Waals surface area contributed by atoms with Crippen molar-refractivity contribution < 1.29 is 0 Å². The highest BCUT2D eigenvalue weighted by molar-refractivity contribution is 9.08. The van der Waals surface area contributed by atoms with Gasteiger partial charge in [0, 0.05) is 10.9 Å². The maximum absolute atomic E-state index is 12.2. The Morgan fingerprint density at radius 1 is 1.19 bits per heavy atom. The number of nitrogens with one attached hydrogen (secondary N) is 2. The molecule has 0 saturated carbocycles. The predicted molar refractivity (Wildman–Crippen MR) is 105 cm³/mol. The molecule has 0 atom stereocenters. The Morgan fingerprint density at radius 2 is 1.92 bits per heavy atom. The minimum absolute atomic E-state index is 0.0321. The van der Waals surface area contributed by atoms with Crippen molar-refractivity contribution in [3.63, 3.8) is 0 Å². The Morgan fingerprint density at radius 3 is 2.65 bits per heavy atom. The average Bonchev–Trinajstić information content (AvgIpc) is 2.68. The highest BCUT2D eigenvalue weighted by atomic mass is 79.9. The zero-order valence-electron chi connectivity index (χ0n) is 13.6. The first-order chi connectivity index (χ1) is 12.7. The number of benzene rings is 2. The summed E-state index contributed by atoms with van der Waals surface area (Å²) in [6.07, 6.45) is 1.65. The normalized spacial score (nSPS) is 10.6. The van der Waals surface area contributed by atoms with E-state index in [1.165, 1.54) is 0 Å². The Bertz CT molecular complexity index is 1040. The molecule has 0 radical (unpaired) electrons. The predicted octanol–water partition coefficient (Wildman–Crippen LogP) is 3.65. The molecule has 0 aliphatic rings. The molecule has 2 aromatic carbocycles. The summed E-state index contributed by atoms with van der Waals surface area (Å²) in [7, 11) is 0. The van der Waals surface area contributed by atoms with Gasteiger partial charge < -0.3 is 0 Å². The van der Waals surface area contributed by atoms with Gasteiger partial charge in [-0.1, -0.05) is 70.5 Å². The molecule has 0 saturated heterocycles. The smallest absolute Gasteiger partial charge is 0.270 e. The maximum atomic E-state index is 12.2. The Kier molecular flexibility index (Phi) is 5.56. The lowest BCUT2D eigenvalue weighted by atomic mass is 10.1. The van der Waals surface area contributed by atoms with Gasteiger partial charge in [-0.15, -0.1) is 0 Å². The molecule has 6 nitrogen and oxygen atoms in total. The zero-order chi connectivity index (χ0) is 18.4. The van der Waals surface area contributed by atoms with Gasteiger partial charge in [0.15, 0.2) is 0 Å². The van der Waals surface area contributed by atoms with Crippen LogP contribution >= 0.6 is 15.9 Å². The quantitative estimate of drug-likeness (QED) is 0.383. The van der Waals surface area contributed by atoms with Crippen LogP contribution in [-0.4, -0.2) is 16.2 Å². The lowest BCUT2D eigenvalue weighted by molar-refractivity contribution is 1.08. The number of aromatic nitrogens is 2. The van der Waals surface area contributed by atoms with Gasteiger partial charge >= 0.3 is 0 Å². The number of anilines is 1. The molecule has 2 N–H and O–H groups in total. The summed E-state index contributed by atoms with van der Waals surface area (Å²) in [5, 5.41) is 14.1. The molecule has 3 aromatic rings. The third-order valence-corrected chi connectivity index (χ3v) is 4.26. The highest BCUT2D eigenvalue weighted by Gasteiger charge is 2.12. The van der Waals surface area contributed by atoms with Crippen LogP contribution in [0.25, 0.3) is 11.3 Å². The topological polar surface area (TPSA) is 93.9 Å². The fraction of sp³-hybridized carbons (Fsp3) is 0.0526. The van der Waals surface area contributed by atoms with Gasteiger partial charge in [-0.3, -0.25) is 9.78 Å². The molecule has 0 spiro atoms. The maximum Gasteiger partial charge on any atom is 0.270 e. The summed E-state index contributed by atoms with van der Waals surface area (Å²) in [6, 6.07) is 18.8. The van der Waals surface area contributed by atoms with E-state index in [1.54, 1.807) is 18.3 Å². The zero-order valence-corrected chi connectivity index (χ0v) is 15.2. The first-order valence-corrected chi connectivity index (χ1v) is 8.88. The van der Waals surface area contributed by atoms with Gasteiger partial charge in [-0.05, 0) is 11.1 Å². The summed E-state index contributed by atoms with van der Waals surface area (Å²) < 4.78 is 0. The van der Waals surface area contributed by atoms with Gasteiger partial charge in [0.25, 0.3) is 5.56 Å². The summed E-state index contributed by atoms with van der Waals surface area (Å²) in [5.41, 5.74) is 5.21. The monoisotopic (exact) mass is 407 g/mol. The number of nitrogens with zero attached hydrogens (tertiary/aromatic N) is 3. The SMILES string of the molecule is N#Cc1c(-c2ccccc2)nc(NN=Cc2ccccc2CBr)[nH]c1=O. The Balaban J connectivity index is 1.92. The van der Waals surface area contributed by atoms with Crippen molar-refractivity contribution in [1.82, 2.24) is 9.97 Å². The molecule has 0 bridgehead atoms. The number of hydrazone groups is 1. The fourth-order valence-corrected chi connectivity index (χ4v) is 2.89. The van der Waals surface area contributed by atoms with Crippen LogP contribution in [0.5, 0.6) is 0 Å². The van der Waals surface area contributed by atoms with Crippen molar-refractivity contribution in [2.75, 3.05) is 5.43 Å². The van der Waals surface area contributed by atoms with E-state index >= 15 is 0 Å². The van der Waals surface area contributed by atoms with Crippen LogP contribution < -0.4 is 11.0 Å². The van der Waals surface area contributed by atoms with E-state index in [-0.39, 0.29) is 11.5 Å². The summed E-state index contributed by atoms with van der Waals surface area (Å²) >= 11 is 3.43. The van der Waals surface area contributed by atoms with Crippen LogP contribution in [0, 0.1) is 11.3 Å². The molecule has 128 valence electrons. The highest BCUT2D eigenvalue weighted by Crippen LogP contribution is 2.19. The summed E-state index contributed by atoms with van der Waals surface area (Å²) in [4.78, 5) is 19.0. The first-order valence-electron chi connectivity index (χ1n) is 7.75. The van der Waals surface area contributed by atoms with E-state index in [4.69, 9.17) is 0 Å². The molecule has 3 rings (SSSR count).